The van der Waals surface area contributed by atoms with Crippen LogP contribution in [0.25, 0.3) is 30.4 Å². The van der Waals surface area contributed by atoms with E-state index >= 15 is 0 Å². The van der Waals surface area contributed by atoms with Gasteiger partial charge in [0.15, 0.2) is 5.43 Å². The average molecular weight is 269 g/mol. The minimum atomic E-state index is 0.0833. The number of rotatable bonds is 0. The second-order valence-electron chi connectivity index (χ2n) is 4.07. The van der Waals surface area contributed by atoms with Gasteiger partial charge in [-0.15, -0.1) is 22.7 Å². The van der Waals surface area contributed by atoms with Crippen molar-refractivity contribution in [3.8, 4) is 0 Å². The molecule has 0 atom stereocenters. The van der Waals surface area contributed by atoms with Crippen LogP contribution < -0.4 is 5.43 Å². The molecule has 0 saturated carbocycles. The van der Waals surface area contributed by atoms with Crippen molar-refractivity contribution in [3.63, 3.8) is 0 Å². The summed E-state index contributed by atoms with van der Waals surface area (Å²) in [6.45, 7) is 0. The maximum atomic E-state index is 12.4. The van der Waals surface area contributed by atoms with E-state index in [-0.39, 0.29) is 5.43 Å². The summed E-state index contributed by atoms with van der Waals surface area (Å²) in [5.41, 5.74) is 0.0833. The van der Waals surface area contributed by atoms with Gasteiger partial charge in [0.2, 0.25) is 0 Å². The van der Waals surface area contributed by atoms with E-state index in [9.17, 15) is 4.79 Å². The molecule has 0 aliphatic rings. The number of benzene rings is 1. The summed E-state index contributed by atoms with van der Waals surface area (Å²) in [5, 5.41) is 4.62. The average Bonchev–Trinajstić information content (AvgIpc) is 2.88. The number of thiophene rings is 1. The van der Waals surface area contributed by atoms with Gasteiger partial charge in [-0.3, -0.25) is 4.79 Å². The highest BCUT2D eigenvalue weighted by atomic mass is 32.1. The molecular formula is C14H7NOS2. The molecule has 0 amide bonds. The molecule has 0 N–H and O–H groups in total. The van der Waals surface area contributed by atoms with Gasteiger partial charge < -0.3 is 0 Å². The summed E-state index contributed by atoms with van der Waals surface area (Å²) < 4.78 is 2.08. The van der Waals surface area contributed by atoms with E-state index in [1.54, 1.807) is 28.9 Å². The molecule has 4 heteroatoms. The SMILES string of the molecule is O=c1c2ccccc2sc2c1cnc1sccc12. The monoisotopic (exact) mass is 269 g/mol. The van der Waals surface area contributed by atoms with Gasteiger partial charge in [-0.05, 0) is 23.6 Å². The first-order valence-electron chi connectivity index (χ1n) is 5.52. The number of hydrogen-bond donors (Lipinski definition) is 0. The van der Waals surface area contributed by atoms with Crippen LogP contribution >= 0.6 is 22.7 Å². The van der Waals surface area contributed by atoms with Crippen molar-refractivity contribution in [2.75, 3.05) is 0 Å². The highest BCUT2D eigenvalue weighted by Gasteiger charge is 2.09. The van der Waals surface area contributed by atoms with Gasteiger partial charge in [0.05, 0.1) is 10.1 Å². The van der Waals surface area contributed by atoms with Crippen LogP contribution in [0.2, 0.25) is 0 Å². The molecule has 0 bridgehead atoms. The Hall–Kier alpha value is -1.78. The van der Waals surface area contributed by atoms with E-state index in [1.165, 1.54) is 0 Å². The minimum Gasteiger partial charge on any atom is -0.288 e. The largest absolute Gasteiger partial charge is 0.288 e. The summed E-state index contributed by atoms with van der Waals surface area (Å²) >= 11 is 3.27. The van der Waals surface area contributed by atoms with Crippen LogP contribution in [0.1, 0.15) is 0 Å². The fourth-order valence-electron chi connectivity index (χ4n) is 2.17. The van der Waals surface area contributed by atoms with Crippen molar-refractivity contribution in [1.29, 1.82) is 0 Å². The Morgan fingerprint density at radius 1 is 1.00 bits per heavy atom. The van der Waals surface area contributed by atoms with Crippen LogP contribution in [-0.2, 0) is 0 Å². The molecule has 0 saturated heterocycles. The summed E-state index contributed by atoms with van der Waals surface area (Å²) in [4.78, 5) is 17.8. The van der Waals surface area contributed by atoms with E-state index in [2.05, 4.69) is 4.98 Å². The first-order valence-corrected chi connectivity index (χ1v) is 7.22. The molecule has 2 nitrogen and oxygen atoms in total. The van der Waals surface area contributed by atoms with Gasteiger partial charge in [0.1, 0.15) is 4.83 Å². The van der Waals surface area contributed by atoms with Crippen molar-refractivity contribution < 1.29 is 0 Å². The van der Waals surface area contributed by atoms with Crippen molar-refractivity contribution >= 4 is 53.1 Å². The normalized spacial score (nSPS) is 11.6. The molecule has 86 valence electrons. The Morgan fingerprint density at radius 3 is 2.83 bits per heavy atom. The lowest BCUT2D eigenvalue weighted by Gasteiger charge is -2.01. The third-order valence-corrected chi connectivity index (χ3v) is 5.07. The maximum absolute atomic E-state index is 12.4. The molecule has 4 rings (SSSR count). The molecule has 0 fully saturated rings. The molecule has 0 radical (unpaired) electrons. The van der Waals surface area contributed by atoms with Gasteiger partial charge in [-0.2, -0.15) is 0 Å². The van der Waals surface area contributed by atoms with Crippen molar-refractivity contribution in [2.24, 2.45) is 0 Å². The number of pyridine rings is 1. The predicted octanol–water partition coefficient (Wildman–Crippen LogP) is 4.02. The van der Waals surface area contributed by atoms with Gasteiger partial charge in [0.25, 0.3) is 0 Å². The van der Waals surface area contributed by atoms with Crippen LogP contribution in [0, 0.1) is 0 Å². The summed E-state index contributed by atoms with van der Waals surface area (Å²) in [6, 6.07) is 9.79. The van der Waals surface area contributed by atoms with Crippen molar-refractivity contribution in [3.05, 3.63) is 52.1 Å². The Bertz CT molecular complexity index is 952. The van der Waals surface area contributed by atoms with Crippen LogP contribution in [0.3, 0.4) is 0 Å². The zero-order valence-electron chi connectivity index (χ0n) is 9.21. The predicted molar refractivity (Wildman–Crippen MR) is 78.8 cm³/mol. The highest BCUT2D eigenvalue weighted by molar-refractivity contribution is 7.26. The molecule has 4 aromatic rings. The van der Waals surface area contributed by atoms with Crippen LogP contribution in [-0.4, -0.2) is 4.98 Å². The van der Waals surface area contributed by atoms with E-state index < -0.39 is 0 Å². The molecular weight excluding hydrogens is 262 g/mol. The second kappa shape index (κ2) is 3.60. The van der Waals surface area contributed by atoms with E-state index in [1.807, 2.05) is 35.7 Å². The number of fused-ring (bicyclic) bond motifs is 4. The summed E-state index contributed by atoms with van der Waals surface area (Å²) in [7, 11) is 0. The molecule has 1 aromatic carbocycles. The molecule has 0 aliphatic heterocycles. The molecule has 0 spiro atoms. The molecule has 3 heterocycles. The maximum Gasteiger partial charge on any atom is 0.197 e. The Kier molecular flexibility index (Phi) is 2.04. The fourth-order valence-corrected chi connectivity index (χ4v) is 4.15. The fraction of sp³-hybridized carbons (Fsp3) is 0. The number of aromatic nitrogens is 1. The lowest BCUT2D eigenvalue weighted by atomic mass is 10.2. The topological polar surface area (TPSA) is 30.0 Å². The smallest absolute Gasteiger partial charge is 0.197 e. The third-order valence-electron chi connectivity index (χ3n) is 3.03. The Morgan fingerprint density at radius 2 is 1.89 bits per heavy atom. The zero-order valence-corrected chi connectivity index (χ0v) is 10.8. The molecule has 3 aromatic heterocycles. The van der Waals surface area contributed by atoms with Gasteiger partial charge in [-0.1, -0.05) is 12.1 Å². The van der Waals surface area contributed by atoms with Gasteiger partial charge >= 0.3 is 0 Å². The van der Waals surface area contributed by atoms with Crippen molar-refractivity contribution in [2.45, 2.75) is 0 Å². The van der Waals surface area contributed by atoms with Crippen LogP contribution in [0.4, 0.5) is 0 Å². The standard InChI is InChI=1S/C14H7NOS2/c16-12-8-3-1-2-4-11(8)18-13-9-5-6-17-14(9)15-7-10(12)13/h1-7H. The Labute approximate surface area is 110 Å². The summed E-state index contributed by atoms with van der Waals surface area (Å²) in [5.74, 6) is 0. The second-order valence-corrected chi connectivity index (χ2v) is 6.01. The van der Waals surface area contributed by atoms with E-state index in [0.717, 1.165) is 30.4 Å². The van der Waals surface area contributed by atoms with Crippen LogP contribution in [0.5, 0.6) is 0 Å². The minimum absolute atomic E-state index is 0.0833. The highest BCUT2D eigenvalue weighted by Crippen LogP contribution is 2.31. The first-order chi connectivity index (χ1) is 8.84. The lowest BCUT2D eigenvalue weighted by Crippen LogP contribution is -2.01. The van der Waals surface area contributed by atoms with Crippen molar-refractivity contribution in [1.82, 2.24) is 4.98 Å². The summed E-state index contributed by atoms with van der Waals surface area (Å²) in [6.07, 6.45) is 1.71. The zero-order chi connectivity index (χ0) is 12.1. The first kappa shape index (κ1) is 10.2. The quantitative estimate of drug-likeness (QED) is 0.451. The van der Waals surface area contributed by atoms with E-state index in [4.69, 9.17) is 0 Å². The molecule has 0 aliphatic carbocycles. The number of nitrogens with zero attached hydrogens (tertiary/aromatic N) is 1. The molecule has 18 heavy (non-hydrogen) atoms. The third kappa shape index (κ3) is 1.27. The molecule has 0 unspecified atom stereocenters. The Balaban J connectivity index is 2.38. The van der Waals surface area contributed by atoms with Crippen LogP contribution in [0.15, 0.2) is 46.7 Å². The number of hydrogen-bond acceptors (Lipinski definition) is 4. The lowest BCUT2D eigenvalue weighted by molar-refractivity contribution is 1.48. The van der Waals surface area contributed by atoms with Gasteiger partial charge in [0, 0.05) is 21.7 Å². The van der Waals surface area contributed by atoms with Gasteiger partial charge in [-0.25, -0.2) is 4.98 Å². The van der Waals surface area contributed by atoms with E-state index in [0.29, 0.717) is 0 Å².